The molecule has 0 bridgehead atoms. The topological polar surface area (TPSA) is 55.9 Å². The lowest BCUT2D eigenvalue weighted by molar-refractivity contribution is 0.630. The van der Waals surface area contributed by atoms with E-state index in [2.05, 4.69) is 10.4 Å². The second-order valence-corrected chi connectivity index (χ2v) is 3.86. The number of aryl methyl sites for hydroxylation is 1. The molecule has 0 unspecified atom stereocenters. The number of aromatic nitrogens is 2. The molecule has 0 aliphatic carbocycles. The molecule has 0 aliphatic rings. The highest BCUT2D eigenvalue weighted by molar-refractivity contribution is 5.52. The van der Waals surface area contributed by atoms with Crippen molar-refractivity contribution in [3.8, 4) is 0 Å². The summed E-state index contributed by atoms with van der Waals surface area (Å²) in [6.07, 6.45) is 2.54. The van der Waals surface area contributed by atoms with E-state index in [9.17, 15) is 4.39 Å². The van der Waals surface area contributed by atoms with Gasteiger partial charge in [0.2, 0.25) is 0 Å². The molecule has 4 nitrogen and oxygen atoms in total. The van der Waals surface area contributed by atoms with Crippen LogP contribution in [0.15, 0.2) is 30.5 Å². The van der Waals surface area contributed by atoms with Gasteiger partial charge in [-0.2, -0.15) is 5.10 Å². The molecular weight excluding hydrogens is 219 g/mol. The van der Waals surface area contributed by atoms with Gasteiger partial charge in [-0.1, -0.05) is 0 Å². The SMILES string of the molecule is Cn1nccc1CCNc1ccc(N)cc1F. The van der Waals surface area contributed by atoms with Crippen LogP contribution in [-0.2, 0) is 13.5 Å². The summed E-state index contributed by atoms with van der Waals surface area (Å²) in [6.45, 7) is 0.653. The molecule has 0 spiro atoms. The van der Waals surface area contributed by atoms with Crippen LogP contribution in [0.5, 0.6) is 0 Å². The number of hydrogen-bond acceptors (Lipinski definition) is 3. The maximum Gasteiger partial charge on any atom is 0.148 e. The van der Waals surface area contributed by atoms with Gasteiger partial charge in [0.25, 0.3) is 0 Å². The normalized spacial score (nSPS) is 10.5. The van der Waals surface area contributed by atoms with Gasteiger partial charge in [0, 0.05) is 37.6 Å². The molecule has 0 saturated carbocycles. The molecule has 5 heteroatoms. The van der Waals surface area contributed by atoms with Gasteiger partial charge in [-0.05, 0) is 24.3 Å². The van der Waals surface area contributed by atoms with Crippen molar-refractivity contribution in [3.63, 3.8) is 0 Å². The predicted octanol–water partition coefficient (Wildman–Crippen LogP) is 1.80. The van der Waals surface area contributed by atoms with Gasteiger partial charge in [-0.3, -0.25) is 4.68 Å². The van der Waals surface area contributed by atoms with E-state index in [4.69, 9.17) is 5.73 Å². The summed E-state index contributed by atoms with van der Waals surface area (Å²) in [5, 5.41) is 7.10. The zero-order chi connectivity index (χ0) is 12.3. The van der Waals surface area contributed by atoms with Crippen LogP contribution in [-0.4, -0.2) is 16.3 Å². The van der Waals surface area contributed by atoms with Crippen molar-refractivity contribution >= 4 is 11.4 Å². The number of nitrogens with one attached hydrogen (secondary N) is 1. The molecule has 0 saturated heterocycles. The average molecular weight is 234 g/mol. The van der Waals surface area contributed by atoms with E-state index in [1.807, 2.05) is 13.1 Å². The van der Waals surface area contributed by atoms with E-state index >= 15 is 0 Å². The van der Waals surface area contributed by atoms with Crippen LogP contribution in [0, 0.1) is 5.82 Å². The van der Waals surface area contributed by atoms with Crippen LogP contribution in [0.1, 0.15) is 5.69 Å². The molecule has 90 valence electrons. The van der Waals surface area contributed by atoms with Crippen molar-refractivity contribution < 1.29 is 4.39 Å². The van der Waals surface area contributed by atoms with Crippen LogP contribution in [0.3, 0.4) is 0 Å². The quantitative estimate of drug-likeness (QED) is 0.793. The Hall–Kier alpha value is -2.04. The number of halogens is 1. The third-order valence-electron chi connectivity index (χ3n) is 2.61. The molecule has 2 aromatic rings. The molecule has 3 N–H and O–H groups in total. The van der Waals surface area contributed by atoms with Crippen molar-refractivity contribution in [2.75, 3.05) is 17.6 Å². The summed E-state index contributed by atoms with van der Waals surface area (Å²) >= 11 is 0. The van der Waals surface area contributed by atoms with Gasteiger partial charge in [0.1, 0.15) is 5.82 Å². The first-order valence-corrected chi connectivity index (χ1v) is 5.42. The number of benzene rings is 1. The smallest absolute Gasteiger partial charge is 0.148 e. The van der Waals surface area contributed by atoms with Crippen molar-refractivity contribution in [3.05, 3.63) is 42.0 Å². The Balaban J connectivity index is 1.92. The number of nitrogens with zero attached hydrogens (tertiary/aromatic N) is 2. The standard InChI is InChI=1S/C12H15FN4/c1-17-10(5-7-16-17)4-6-15-12-3-2-9(14)8-11(12)13/h2-3,5,7-8,15H,4,6,14H2,1H3. The van der Waals surface area contributed by atoms with Crippen molar-refractivity contribution in [2.45, 2.75) is 6.42 Å². The highest BCUT2D eigenvalue weighted by Crippen LogP contribution is 2.16. The van der Waals surface area contributed by atoms with Crippen molar-refractivity contribution in [1.29, 1.82) is 0 Å². The van der Waals surface area contributed by atoms with Crippen LogP contribution in [0.25, 0.3) is 0 Å². The van der Waals surface area contributed by atoms with Crippen LogP contribution < -0.4 is 11.1 Å². The van der Waals surface area contributed by atoms with E-state index in [1.165, 1.54) is 6.07 Å². The van der Waals surface area contributed by atoms with Gasteiger partial charge < -0.3 is 11.1 Å². The van der Waals surface area contributed by atoms with Gasteiger partial charge in [0.05, 0.1) is 5.69 Å². The zero-order valence-corrected chi connectivity index (χ0v) is 9.65. The third kappa shape index (κ3) is 2.75. The van der Waals surface area contributed by atoms with Gasteiger partial charge in [-0.25, -0.2) is 4.39 Å². The van der Waals surface area contributed by atoms with Gasteiger partial charge in [0.15, 0.2) is 0 Å². The molecular formula is C12H15FN4. The Bertz CT molecular complexity index is 507. The Morgan fingerprint density at radius 1 is 1.41 bits per heavy atom. The summed E-state index contributed by atoms with van der Waals surface area (Å²) in [4.78, 5) is 0. The van der Waals surface area contributed by atoms with E-state index < -0.39 is 0 Å². The maximum atomic E-state index is 13.4. The Morgan fingerprint density at radius 2 is 2.24 bits per heavy atom. The average Bonchev–Trinajstić information content (AvgIpc) is 2.68. The molecule has 2 rings (SSSR count). The van der Waals surface area contributed by atoms with E-state index in [-0.39, 0.29) is 5.82 Å². The van der Waals surface area contributed by atoms with E-state index in [0.29, 0.717) is 17.9 Å². The fourth-order valence-corrected chi connectivity index (χ4v) is 1.65. The molecule has 0 amide bonds. The summed E-state index contributed by atoms with van der Waals surface area (Å²) in [7, 11) is 1.89. The number of rotatable bonds is 4. The highest BCUT2D eigenvalue weighted by atomic mass is 19.1. The van der Waals surface area contributed by atoms with Gasteiger partial charge >= 0.3 is 0 Å². The van der Waals surface area contributed by atoms with Crippen molar-refractivity contribution in [1.82, 2.24) is 9.78 Å². The lowest BCUT2D eigenvalue weighted by Crippen LogP contribution is -2.09. The minimum atomic E-state index is -0.324. The van der Waals surface area contributed by atoms with Crippen molar-refractivity contribution in [2.24, 2.45) is 7.05 Å². The van der Waals surface area contributed by atoms with E-state index in [0.717, 1.165) is 12.1 Å². The summed E-state index contributed by atoms with van der Waals surface area (Å²) in [6, 6.07) is 6.58. The minimum absolute atomic E-state index is 0.324. The number of nitrogen functional groups attached to an aromatic ring is 1. The maximum absolute atomic E-state index is 13.4. The molecule has 0 atom stereocenters. The first-order valence-electron chi connectivity index (χ1n) is 5.42. The minimum Gasteiger partial charge on any atom is -0.399 e. The number of nitrogens with two attached hydrogens (primary N) is 1. The Kier molecular flexibility index (Phi) is 3.27. The second kappa shape index (κ2) is 4.86. The van der Waals surface area contributed by atoms with E-state index in [1.54, 1.807) is 23.0 Å². The van der Waals surface area contributed by atoms with Gasteiger partial charge in [-0.15, -0.1) is 0 Å². The van der Waals surface area contributed by atoms with Crippen LogP contribution in [0.2, 0.25) is 0 Å². The fourth-order valence-electron chi connectivity index (χ4n) is 1.65. The molecule has 0 radical (unpaired) electrons. The number of anilines is 2. The first kappa shape index (κ1) is 11.4. The summed E-state index contributed by atoms with van der Waals surface area (Å²) in [5.41, 5.74) is 7.48. The molecule has 0 fully saturated rings. The monoisotopic (exact) mass is 234 g/mol. The lowest BCUT2D eigenvalue weighted by Gasteiger charge is -2.08. The second-order valence-electron chi connectivity index (χ2n) is 3.86. The first-order chi connectivity index (χ1) is 8.16. The summed E-state index contributed by atoms with van der Waals surface area (Å²) in [5.74, 6) is -0.324. The molecule has 1 aromatic carbocycles. The predicted molar refractivity (Wildman–Crippen MR) is 66.2 cm³/mol. The zero-order valence-electron chi connectivity index (χ0n) is 9.65. The number of hydrogen-bond donors (Lipinski definition) is 2. The Labute approximate surface area is 99.2 Å². The largest absolute Gasteiger partial charge is 0.399 e. The Morgan fingerprint density at radius 3 is 2.88 bits per heavy atom. The van der Waals surface area contributed by atoms with Crippen LogP contribution >= 0.6 is 0 Å². The third-order valence-corrected chi connectivity index (χ3v) is 2.61. The highest BCUT2D eigenvalue weighted by Gasteiger charge is 2.02. The summed E-state index contributed by atoms with van der Waals surface area (Å²) < 4.78 is 15.2. The molecule has 17 heavy (non-hydrogen) atoms. The van der Waals surface area contributed by atoms with Crippen LogP contribution in [0.4, 0.5) is 15.8 Å². The molecule has 1 aromatic heterocycles. The fraction of sp³-hybridized carbons (Fsp3) is 0.250. The lowest BCUT2D eigenvalue weighted by atomic mass is 10.2. The molecule has 1 heterocycles. The molecule has 0 aliphatic heterocycles.